The summed E-state index contributed by atoms with van der Waals surface area (Å²) in [7, 11) is 3.38. The third-order valence-corrected chi connectivity index (χ3v) is 16.6. The molecule has 4 aliphatic heterocycles. The number of nitrogens with zero attached hydrogens (tertiary/aromatic N) is 7. The minimum absolute atomic E-state index is 0.0332. The Labute approximate surface area is 443 Å². The number of phenols is 1. The summed E-state index contributed by atoms with van der Waals surface area (Å²) in [4.78, 5) is 55.2. The molecule has 1 saturated carbocycles. The number of halogens is 1. The van der Waals surface area contributed by atoms with Crippen LogP contribution in [0.5, 0.6) is 17.2 Å². The minimum Gasteiger partial charge on any atom is -0.508 e. The Morgan fingerprint density at radius 3 is 2.34 bits per heavy atom. The standard InChI is InChI=1S/C61H64FN7O7/c1-40-52(60(73)69(47-10-13-50(70)14-11-47)48-12-16-57(74-3)45(28-48)34-63)33-56(64(40)2)53-29-42-17-20-67(58(71)31-43-9-15-51(32-55(43)62)76-26-23-65-21-24-75-25-22-65)35-46(42)30-54(53)59(72)68-36-44-8-5-4-7-41(44)27-49(68)37-66-38-61(39-66)18-6-19-61/h4-5,7-16,28-30,32-33,49,70H,6,17-27,31,35-39H2,1-3H3/t49-/m0/s1. The molecule has 0 radical (unpaired) electrons. The first kappa shape index (κ1) is 50.6. The number of aromatic nitrogens is 1. The number of anilines is 2. The largest absolute Gasteiger partial charge is 0.508 e. The lowest BCUT2D eigenvalue weighted by atomic mass is 9.63. The molecule has 0 bridgehead atoms. The summed E-state index contributed by atoms with van der Waals surface area (Å²) >= 11 is 0. The van der Waals surface area contributed by atoms with Crippen molar-refractivity contribution in [2.75, 3.05) is 77.6 Å². The van der Waals surface area contributed by atoms with Crippen LogP contribution >= 0.6 is 0 Å². The number of benzene rings is 5. The number of methoxy groups -OCH3 is 1. The number of hydrogen-bond acceptors (Lipinski definition) is 10. The number of hydrogen-bond donors (Lipinski definition) is 1. The molecule has 1 aromatic heterocycles. The first-order chi connectivity index (χ1) is 36.9. The van der Waals surface area contributed by atoms with E-state index in [1.807, 2.05) is 41.6 Å². The van der Waals surface area contributed by atoms with E-state index in [0.717, 1.165) is 55.8 Å². The molecule has 2 saturated heterocycles. The van der Waals surface area contributed by atoms with Crippen molar-refractivity contribution in [2.24, 2.45) is 12.5 Å². The maximum absolute atomic E-state index is 15.8. The van der Waals surface area contributed by atoms with Crippen LogP contribution in [0.2, 0.25) is 0 Å². The summed E-state index contributed by atoms with van der Waals surface area (Å²) in [6.07, 6.45) is 4.90. The molecule has 3 amide bonds. The van der Waals surface area contributed by atoms with Crippen LogP contribution in [0.3, 0.4) is 0 Å². The second-order valence-corrected chi connectivity index (χ2v) is 21.3. The predicted octanol–water partition coefficient (Wildman–Crippen LogP) is 8.60. The Hall–Kier alpha value is -7.51. The average molecular weight is 1030 g/mol. The van der Waals surface area contributed by atoms with Crippen LogP contribution in [-0.4, -0.2) is 126 Å². The number of ether oxygens (including phenoxy) is 3. The van der Waals surface area contributed by atoms with Gasteiger partial charge in [-0.15, -0.1) is 0 Å². The molecule has 6 aromatic rings. The summed E-state index contributed by atoms with van der Waals surface area (Å²) < 4.78 is 34.4. The van der Waals surface area contributed by atoms with E-state index in [4.69, 9.17) is 14.2 Å². The molecular formula is C61H64FN7O7. The number of amides is 3. The van der Waals surface area contributed by atoms with E-state index < -0.39 is 5.82 Å². The number of carbonyl (C=O) groups is 3. The zero-order valence-electron chi connectivity index (χ0n) is 43.5. The molecule has 392 valence electrons. The van der Waals surface area contributed by atoms with Crippen molar-refractivity contribution >= 4 is 29.1 Å². The Bertz CT molecular complexity index is 3240. The van der Waals surface area contributed by atoms with Gasteiger partial charge in [0.2, 0.25) is 5.91 Å². The molecule has 0 unspecified atom stereocenters. The van der Waals surface area contributed by atoms with Crippen molar-refractivity contribution in [1.29, 1.82) is 5.26 Å². The molecular weight excluding hydrogens is 962 g/mol. The van der Waals surface area contributed by atoms with Gasteiger partial charge in [0.1, 0.15) is 35.7 Å². The second kappa shape index (κ2) is 21.3. The van der Waals surface area contributed by atoms with E-state index in [-0.39, 0.29) is 53.6 Å². The van der Waals surface area contributed by atoms with Gasteiger partial charge >= 0.3 is 0 Å². The summed E-state index contributed by atoms with van der Waals surface area (Å²) in [6, 6.07) is 32.3. The van der Waals surface area contributed by atoms with Gasteiger partial charge in [0.05, 0.1) is 43.6 Å². The van der Waals surface area contributed by atoms with Crippen molar-refractivity contribution in [2.45, 2.75) is 64.6 Å². The number of likely N-dealkylation sites (tertiary alicyclic amines) is 1. The fraction of sp³-hybridized carbons (Fsp3) is 0.377. The second-order valence-electron chi connectivity index (χ2n) is 21.3. The van der Waals surface area contributed by atoms with Crippen LogP contribution < -0.4 is 14.4 Å². The lowest BCUT2D eigenvalue weighted by molar-refractivity contribution is -0.131. The molecule has 14 nitrogen and oxygen atoms in total. The monoisotopic (exact) mass is 1030 g/mol. The molecule has 5 aliphatic rings. The van der Waals surface area contributed by atoms with Crippen molar-refractivity contribution in [3.8, 4) is 34.6 Å². The molecule has 3 fully saturated rings. The van der Waals surface area contributed by atoms with E-state index in [1.165, 1.54) is 55.0 Å². The summed E-state index contributed by atoms with van der Waals surface area (Å²) in [6.45, 7) is 9.99. The summed E-state index contributed by atoms with van der Waals surface area (Å²) in [5.41, 5.74) is 8.85. The number of morpholine rings is 1. The highest BCUT2D eigenvalue weighted by Crippen LogP contribution is 2.48. The number of carbonyl (C=O) groups excluding carboxylic acids is 3. The van der Waals surface area contributed by atoms with Gasteiger partial charge in [-0.25, -0.2) is 4.39 Å². The fourth-order valence-electron chi connectivity index (χ4n) is 12.0. The van der Waals surface area contributed by atoms with E-state index >= 15 is 14.0 Å². The number of rotatable bonds is 14. The van der Waals surface area contributed by atoms with Gasteiger partial charge in [-0.3, -0.25) is 24.2 Å². The minimum atomic E-state index is -0.497. The number of aromatic hydroxyl groups is 1. The highest BCUT2D eigenvalue weighted by atomic mass is 19.1. The first-order valence-corrected chi connectivity index (χ1v) is 26.5. The smallest absolute Gasteiger partial charge is 0.264 e. The highest BCUT2D eigenvalue weighted by Gasteiger charge is 2.48. The van der Waals surface area contributed by atoms with Gasteiger partial charge in [-0.05, 0) is 133 Å². The maximum Gasteiger partial charge on any atom is 0.264 e. The lowest BCUT2D eigenvalue weighted by Gasteiger charge is -2.57. The van der Waals surface area contributed by atoms with E-state index in [9.17, 15) is 15.2 Å². The summed E-state index contributed by atoms with van der Waals surface area (Å²) in [5.74, 6) is -0.408. The van der Waals surface area contributed by atoms with Gasteiger partial charge in [-0.1, -0.05) is 36.8 Å². The Balaban J connectivity index is 0.927. The van der Waals surface area contributed by atoms with Gasteiger partial charge in [0.25, 0.3) is 11.8 Å². The van der Waals surface area contributed by atoms with Crippen LogP contribution in [0.4, 0.5) is 15.8 Å². The molecule has 1 atom stereocenters. The molecule has 1 spiro atoms. The third kappa shape index (κ3) is 10.0. The third-order valence-electron chi connectivity index (χ3n) is 16.6. The molecule has 5 heterocycles. The first-order valence-electron chi connectivity index (χ1n) is 26.5. The van der Waals surface area contributed by atoms with E-state index in [2.05, 4.69) is 40.1 Å². The van der Waals surface area contributed by atoms with Gasteiger partial charge < -0.3 is 38.6 Å². The number of fused-ring (bicyclic) bond motifs is 2. The highest BCUT2D eigenvalue weighted by molar-refractivity contribution is 6.13. The predicted molar refractivity (Wildman–Crippen MR) is 286 cm³/mol. The van der Waals surface area contributed by atoms with Gasteiger partial charge in [0, 0.05) is 106 Å². The number of phenolic OH excluding ortho intramolecular Hbond substituents is 1. The van der Waals surface area contributed by atoms with E-state index in [0.29, 0.717) is 102 Å². The molecule has 5 aromatic carbocycles. The van der Waals surface area contributed by atoms with Crippen molar-refractivity contribution in [3.63, 3.8) is 0 Å². The van der Waals surface area contributed by atoms with Crippen molar-refractivity contribution in [3.05, 3.63) is 159 Å². The molecule has 15 heteroatoms. The quantitative estimate of drug-likeness (QED) is 0.113. The molecule has 76 heavy (non-hydrogen) atoms. The average Bonchev–Trinajstić information content (AvgIpc) is 3.72. The summed E-state index contributed by atoms with van der Waals surface area (Å²) in [5, 5.41) is 20.3. The lowest BCUT2D eigenvalue weighted by Crippen LogP contribution is -2.63. The van der Waals surface area contributed by atoms with Crippen molar-refractivity contribution in [1.82, 2.24) is 24.2 Å². The topological polar surface area (TPSA) is 144 Å². The fourth-order valence-corrected chi connectivity index (χ4v) is 12.0. The number of nitriles is 1. The van der Waals surface area contributed by atoms with Gasteiger partial charge in [0.15, 0.2) is 0 Å². The van der Waals surface area contributed by atoms with Crippen LogP contribution in [-0.2, 0) is 48.9 Å². The SMILES string of the molecule is COc1ccc(N(C(=O)c2cc(-c3cc4c(cc3C(=O)N3Cc5ccccc5C[C@H]3CN3CC5(CCC5)C3)CN(C(=O)Cc3ccc(OCCN5CCOCC5)cc3F)CC4)n(C)c2C)c2ccc(O)cc2)cc1C#N. The zero-order valence-corrected chi connectivity index (χ0v) is 43.5. The van der Waals surface area contributed by atoms with Crippen LogP contribution in [0, 0.1) is 29.5 Å². The Morgan fingerprint density at radius 2 is 1.62 bits per heavy atom. The van der Waals surface area contributed by atoms with Gasteiger partial charge in [-0.2, -0.15) is 5.26 Å². The van der Waals surface area contributed by atoms with Crippen LogP contribution in [0.25, 0.3) is 11.3 Å². The Kier molecular flexibility index (Phi) is 14.2. The Morgan fingerprint density at radius 1 is 0.855 bits per heavy atom. The molecule has 11 rings (SSSR count). The normalized spacial score (nSPS) is 18.0. The zero-order chi connectivity index (χ0) is 52.7. The van der Waals surface area contributed by atoms with Crippen LogP contribution in [0.1, 0.15) is 79.1 Å². The van der Waals surface area contributed by atoms with Crippen molar-refractivity contribution < 1.29 is 38.1 Å². The molecule has 1 N–H and O–H groups in total. The van der Waals surface area contributed by atoms with Crippen LogP contribution in [0.15, 0.2) is 103 Å². The van der Waals surface area contributed by atoms with E-state index in [1.54, 1.807) is 47.4 Å². The molecule has 1 aliphatic carbocycles. The maximum atomic E-state index is 15.8.